The highest BCUT2D eigenvalue weighted by atomic mass is 16.7. The predicted molar refractivity (Wildman–Crippen MR) is 119 cm³/mol. The topological polar surface area (TPSA) is 82.1 Å². The molecular weight excluding hydrogens is 408 g/mol. The molecule has 182 valence electrons. The first-order valence-corrected chi connectivity index (χ1v) is 12.9. The van der Waals surface area contributed by atoms with Crippen LogP contribution in [0.4, 0.5) is 0 Å². The van der Waals surface area contributed by atoms with Crippen LogP contribution >= 0.6 is 0 Å². The third-order valence-corrected chi connectivity index (χ3v) is 9.61. The molecular formula is C26H42O6. The van der Waals surface area contributed by atoms with Crippen LogP contribution in [-0.4, -0.2) is 42.1 Å². The Hall–Kier alpha value is -1.14. The maximum atomic E-state index is 12.1. The van der Waals surface area contributed by atoms with Gasteiger partial charge in [0.25, 0.3) is 0 Å². The van der Waals surface area contributed by atoms with Crippen molar-refractivity contribution >= 4 is 11.9 Å². The molecule has 1 saturated heterocycles. The third-order valence-electron chi connectivity index (χ3n) is 9.61. The van der Waals surface area contributed by atoms with Crippen molar-refractivity contribution in [2.45, 2.75) is 110 Å². The number of aliphatic hydroxyl groups excluding tert-OH is 1. The highest BCUT2D eigenvalue weighted by molar-refractivity contribution is 5.69. The molecule has 1 N–H and O–H groups in total. The number of hydrogen-bond donors (Lipinski definition) is 1. The first-order valence-electron chi connectivity index (χ1n) is 12.9. The highest BCUT2D eigenvalue weighted by Gasteiger charge is 2.63. The Bertz CT molecular complexity index is 708. The van der Waals surface area contributed by atoms with Gasteiger partial charge in [0.05, 0.1) is 12.7 Å². The second kappa shape index (κ2) is 9.25. The minimum absolute atomic E-state index is 0.0181. The summed E-state index contributed by atoms with van der Waals surface area (Å²) >= 11 is 0. The Labute approximate surface area is 192 Å². The van der Waals surface area contributed by atoms with Crippen molar-refractivity contribution in [1.82, 2.24) is 0 Å². The lowest BCUT2D eigenvalue weighted by atomic mass is 9.46. The monoisotopic (exact) mass is 450 g/mol. The zero-order valence-corrected chi connectivity index (χ0v) is 20.3. The quantitative estimate of drug-likeness (QED) is 0.595. The van der Waals surface area contributed by atoms with Crippen LogP contribution in [0.3, 0.4) is 0 Å². The van der Waals surface area contributed by atoms with Gasteiger partial charge in [-0.3, -0.25) is 9.59 Å². The van der Waals surface area contributed by atoms with Gasteiger partial charge in [0.15, 0.2) is 0 Å². The van der Waals surface area contributed by atoms with Crippen molar-refractivity contribution in [1.29, 1.82) is 0 Å². The molecule has 0 aromatic rings. The summed E-state index contributed by atoms with van der Waals surface area (Å²) in [5, 5.41) is 11.4. The summed E-state index contributed by atoms with van der Waals surface area (Å²) in [6.07, 6.45) is 7.12. The van der Waals surface area contributed by atoms with Gasteiger partial charge in [-0.25, -0.2) is 0 Å². The van der Waals surface area contributed by atoms with Gasteiger partial charge < -0.3 is 19.3 Å². The number of rotatable bonds is 6. The van der Waals surface area contributed by atoms with Gasteiger partial charge in [-0.15, -0.1) is 0 Å². The molecule has 4 rings (SSSR count). The van der Waals surface area contributed by atoms with E-state index in [-0.39, 0.29) is 46.8 Å². The van der Waals surface area contributed by atoms with Crippen LogP contribution in [-0.2, 0) is 23.8 Å². The van der Waals surface area contributed by atoms with E-state index < -0.39 is 6.29 Å². The number of carbonyl (C=O) groups is 2. The van der Waals surface area contributed by atoms with Crippen molar-refractivity contribution in [2.75, 3.05) is 6.61 Å². The molecule has 6 nitrogen and oxygen atoms in total. The number of carbonyl (C=O) groups excluding carboxylic acids is 2. The van der Waals surface area contributed by atoms with Crippen molar-refractivity contribution in [3.63, 3.8) is 0 Å². The number of ether oxygens (including phenoxy) is 3. The SMILES string of the molecule is CCCCC(=O)O[C@@H]1CC2CC(O)C3C(CC[C@@]4(C)C3CC[C@@H]4OC(=O)CC)[C@@]2(C)CO1. The molecule has 4 aliphatic rings. The van der Waals surface area contributed by atoms with Crippen LogP contribution in [0.1, 0.15) is 91.9 Å². The minimum Gasteiger partial charge on any atom is -0.462 e. The summed E-state index contributed by atoms with van der Waals surface area (Å²) in [6, 6.07) is 0. The summed E-state index contributed by atoms with van der Waals surface area (Å²) in [7, 11) is 0. The standard InChI is InChI=1S/C26H42O6/c1-5-7-8-22(29)32-23-14-16-13-19(27)24-17-9-10-20(31-21(28)6-2)25(17,3)12-11-18(24)26(16,4)15-30-23/h16-20,23-24,27H,5-15H2,1-4H3/t16?,17?,18?,19?,20-,23+,24?,25-,26-/m0/s1. The molecule has 9 atom stereocenters. The molecule has 6 heteroatoms. The molecule has 0 spiro atoms. The van der Waals surface area contributed by atoms with Crippen molar-refractivity contribution in [3.8, 4) is 0 Å². The van der Waals surface area contributed by atoms with Gasteiger partial charge in [0.2, 0.25) is 6.29 Å². The molecule has 3 saturated carbocycles. The minimum atomic E-state index is -0.487. The van der Waals surface area contributed by atoms with E-state index in [9.17, 15) is 14.7 Å². The molecule has 1 heterocycles. The number of aliphatic hydroxyl groups is 1. The van der Waals surface area contributed by atoms with E-state index in [4.69, 9.17) is 14.2 Å². The average molecular weight is 451 g/mol. The van der Waals surface area contributed by atoms with Crippen LogP contribution in [0.5, 0.6) is 0 Å². The fourth-order valence-electron chi connectivity index (χ4n) is 7.68. The molecule has 32 heavy (non-hydrogen) atoms. The van der Waals surface area contributed by atoms with Gasteiger partial charge in [0, 0.05) is 24.7 Å². The molecule has 0 amide bonds. The lowest BCUT2D eigenvalue weighted by Crippen LogP contribution is -2.61. The lowest BCUT2D eigenvalue weighted by Gasteiger charge is -2.61. The molecule has 4 fully saturated rings. The zero-order chi connectivity index (χ0) is 23.1. The molecule has 0 aromatic carbocycles. The summed E-state index contributed by atoms with van der Waals surface area (Å²) < 4.78 is 17.6. The summed E-state index contributed by atoms with van der Waals surface area (Å²) in [5.74, 6) is 0.959. The van der Waals surface area contributed by atoms with Crippen LogP contribution in [0.25, 0.3) is 0 Å². The Kier molecular flexibility index (Phi) is 6.94. The van der Waals surface area contributed by atoms with E-state index >= 15 is 0 Å². The Morgan fingerprint density at radius 1 is 1.00 bits per heavy atom. The largest absolute Gasteiger partial charge is 0.462 e. The summed E-state index contributed by atoms with van der Waals surface area (Å²) in [6.45, 7) is 9.08. The number of unbranched alkanes of at least 4 members (excludes halogenated alkanes) is 1. The zero-order valence-electron chi connectivity index (χ0n) is 20.3. The van der Waals surface area contributed by atoms with E-state index in [0.717, 1.165) is 44.9 Å². The van der Waals surface area contributed by atoms with Crippen molar-refractivity contribution in [3.05, 3.63) is 0 Å². The van der Waals surface area contributed by atoms with Gasteiger partial charge >= 0.3 is 11.9 Å². The third kappa shape index (κ3) is 4.11. The normalized spacial score (nSPS) is 45.3. The number of fused-ring (bicyclic) bond motifs is 5. The van der Waals surface area contributed by atoms with Gasteiger partial charge in [-0.2, -0.15) is 0 Å². The summed E-state index contributed by atoms with van der Waals surface area (Å²) in [4.78, 5) is 24.1. The Morgan fingerprint density at radius 3 is 2.47 bits per heavy atom. The second-order valence-corrected chi connectivity index (χ2v) is 11.3. The van der Waals surface area contributed by atoms with Crippen molar-refractivity contribution in [2.24, 2.45) is 34.5 Å². The maximum Gasteiger partial charge on any atom is 0.308 e. The van der Waals surface area contributed by atoms with Gasteiger partial charge in [0.1, 0.15) is 6.10 Å². The van der Waals surface area contributed by atoms with Gasteiger partial charge in [-0.05, 0) is 67.6 Å². The number of esters is 2. The van der Waals surface area contributed by atoms with E-state index in [1.54, 1.807) is 0 Å². The maximum absolute atomic E-state index is 12.1. The highest BCUT2D eigenvalue weighted by Crippen LogP contribution is 2.65. The predicted octanol–water partition coefficient (Wildman–Crippen LogP) is 4.62. The fraction of sp³-hybridized carbons (Fsp3) is 0.923. The molecule has 3 aliphatic carbocycles. The Balaban J connectivity index is 1.46. The fourth-order valence-corrected chi connectivity index (χ4v) is 7.68. The lowest BCUT2D eigenvalue weighted by molar-refractivity contribution is -0.254. The number of hydrogen-bond acceptors (Lipinski definition) is 6. The smallest absolute Gasteiger partial charge is 0.308 e. The van der Waals surface area contributed by atoms with E-state index in [2.05, 4.69) is 20.8 Å². The molecule has 0 bridgehead atoms. The second-order valence-electron chi connectivity index (χ2n) is 11.3. The first-order chi connectivity index (χ1) is 15.2. The van der Waals surface area contributed by atoms with Gasteiger partial charge in [-0.1, -0.05) is 34.1 Å². The molecule has 0 radical (unpaired) electrons. The molecule has 0 aromatic heterocycles. The molecule has 1 aliphatic heterocycles. The first kappa shape index (κ1) is 24.0. The van der Waals surface area contributed by atoms with Crippen LogP contribution < -0.4 is 0 Å². The van der Waals surface area contributed by atoms with Crippen LogP contribution in [0, 0.1) is 34.5 Å². The summed E-state index contributed by atoms with van der Waals surface area (Å²) in [5.41, 5.74) is -0.0707. The average Bonchev–Trinajstić information content (AvgIpc) is 3.09. The van der Waals surface area contributed by atoms with E-state index in [1.165, 1.54) is 0 Å². The van der Waals surface area contributed by atoms with Crippen LogP contribution in [0.15, 0.2) is 0 Å². The Morgan fingerprint density at radius 2 is 1.75 bits per heavy atom. The van der Waals surface area contributed by atoms with E-state index in [0.29, 0.717) is 37.7 Å². The van der Waals surface area contributed by atoms with E-state index in [1.807, 2.05) is 6.92 Å². The van der Waals surface area contributed by atoms with Crippen molar-refractivity contribution < 1.29 is 28.9 Å². The molecule has 5 unspecified atom stereocenters. The van der Waals surface area contributed by atoms with Crippen LogP contribution in [0.2, 0.25) is 0 Å².